The lowest BCUT2D eigenvalue weighted by Crippen LogP contribution is -2.32. The van der Waals surface area contributed by atoms with Crippen molar-refractivity contribution in [2.24, 2.45) is 5.10 Å². The van der Waals surface area contributed by atoms with Gasteiger partial charge in [0, 0.05) is 11.1 Å². The predicted molar refractivity (Wildman–Crippen MR) is 147 cm³/mol. The number of hydrazone groups is 1. The normalized spacial score (nSPS) is 10.8. The van der Waals surface area contributed by atoms with Crippen molar-refractivity contribution in [1.82, 2.24) is 5.43 Å². The number of nitrogens with zero attached hydrogens (tertiary/aromatic N) is 1. The minimum atomic E-state index is -0.901. The predicted octanol–water partition coefficient (Wildman–Crippen LogP) is 5.33. The van der Waals surface area contributed by atoms with Crippen LogP contribution in [0.15, 0.2) is 96.1 Å². The first kappa shape index (κ1) is 26.1. The number of carbonyl (C=O) groups excluding carboxylic acids is 3. The molecule has 4 aromatic carbocycles. The van der Waals surface area contributed by atoms with E-state index in [-0.39, 0.29) is 0 Å². The Kier molecular flexibility index (Phi) is 8.80. The van der Waals surface area contributed by atoms with Crippen LogP contribution in [0.3, 0.4) is 0 Å². The Bertz CT molecular complexity index is 1440. The van der Waals surface area contributed by atoms with Gasteiger partial charge in [-0.1, -0.05) is 49.7 Å². The zero-order valence-electron chi connectivity index (χ0n) is 20.8. The highest BCUT2D eigenvalue weighted by molar-refractivity contribution is 6.40. The monoisotopic (exact) mass is 509 g/mol. The number of benzene rings is 4. The van der Waals surface area contributed by atoms with Crippen molar-refractivity contribution < 1.29 is 23.9 Å². The third-order valence-electron chi connectivity index (χ3n) is 5.57. The molecule has 0 aliphatic heterocycles. The van der Waals surface area contributed by atoms with Gasteiger partial charge in [0.2, 0.25) is 0 Å². The molecule has 0 aliphatic carbocycles. The molecular formula is C30H27N3O5. The molecule has 0 atom stereocenters. The molecule has 0 bridgehead atoms. The van der Waals surface area contributed by atoms with E-state index in [1.54, 1.807) is 60.7 Å². The summed E-state index contributed by atoms with van der Waals surface area (Å²) in [7, 11) is 0. The van der Waals surface area contributed by atoms with E-state index in [1.165, 1.54) is 6.21 Å². The smallest absolute Gasteiger partial charge is 0.343 e. The summed E-state index contributed by atoms with van der Waals surface area (Å²) in [6.45, 7) is 2.73. The van der Waals surface area contributed by atoms with Crippen molar-refractivity contribution in [1.29, 1.82) is 0 Å². The molecule has 38 heavy (non-hydrogen) atoms. The van der Waals surface area contributed by atoms with Crippen molar-refractivity contribution in [3.63, 3.8) is 0 Å². The number of carbonyl (C=O) groups is 3. The van der Waals surface area contributed by atoms with E-state index in [4.69, 9.17) is 9.47 Å². The second kappa shape index (κ2) is 12.8. The second-order valence-corrected chi connectivity index (χ2v) is 8.36. The van der Waals surface area contributed by atoms with Crippen LogP contribution < -0.4 is 20.2 Å². The number of nitrogens with one attached hydrogen (secondary N) is 2. The summed E-state index contributed by atoms with van der Waals surface area (Å²) in [4.78, 5) is 36.9. The van der Waals surface area contributed by atoms with Crippen molar-refractivity contribution in [3.8, 4) is 11.5 Å². The van der Waals surface area contributed by atoms with E-state index < -0.39 is 17.8 Å². The van der Waals surface area contributed by atoms with Gasteiger partial charge in [-0.3, -0.25) is 9.59 Å². The number of hydrogen-bond donors (Lipinski definition) is 2. The second-order valence-electron chi connectivity index (χ2n) is 8.36. The highest BCUT2D eigenvalue weighted by atomic mass is 16.5. The maximum absolute atomic E-state index is 12.4. The molecule has 8 nitrogen and oxygen atoms in total. The van der Waals surface area contributed by atoms with E-state index in [2.05, 4.69) is 22.8 Å². The SMILES string of the molecule is CCCCOc1ccc(C(=O)Oc2ccc(C=NNC(=O)C(=O)Nc3cccc4ccccc34)cc2)cc1. The van der Waals surface area contributed by atoms with Gasteiger partial charge in [-0.15, -0.1) is 0 Å². The Morgan fingerprint density at radius 2 is 1.53 bits per heavy atom. The number of fused-ring (bicyclic) bond motifs is 1. The van der Waals surface area contributed by atoms with Gasteiger partial charge < -0.3 is 14.8 Å². The highest BCUT2D eigenvalue weighted by Gasteiger charge is 2.14. The van der Waals surface area contributed by atoms with Gasteiger partial charge >= 0.3 is 17.8 Å². The van der Waals surface area contributed by atoms with Crippen LogP contribution in [0.2, 0.25) is 0 Å². The standard InChI is InChI=1S/C30H27N3O5/c1-2-3-19-37-24-17-13-23(14-18-24)30(36)38-25-15-11-21(12-16-25)20-31-33-29(35)28(34)32-27-10-6-8-22-7-4-5-9-26(22)27/h4-18,20H,2-3,19H2,1H3,(H,32,34)(H,33,35). The maximum atomic E-state index is 12.4. The van der Waals surface area contributed by atoms with Gasteiger partial charge in [-0.2, -0.15) is 5.10 Å². The lowest BCUT2D eigenvalue weighted by atomic mass is 10.1. The molecule has 192 valence electrons. The Labute approximate surface area is 220 Å². The van der Waals surface area contributed by atoms with E-state index in [0.717, 1.165) is 23.6 Å². The molecule has 0 fully saturated rings. The molecular weight excluding hydrogens is 482 g/mol. The molecule has 2 N–H and O–H groups in total. The first-order chi connectivity index (χ1) is 18.5. The number of rotatable bonds is 9. The summed E-state index contributed by atoms with van der Waals surface area (Å²) < 4.78 is 11.0. The minimum absolute atomic E-state index is 0.355. The Hall–Kier alpha value is -4.98. The quantitative estimate of drug-likeness (QED) is 0.0793. The van der Waals surface area contributed by atoms with Crippen molar-refractivity contribution in [2.75, 3.05) is 11.9 Å². The summed E-state index contributed by atoms with van der Waals surface area (Å²) in [6.07, 6.45) is 3.40. The van der Waals surface area contributed by atoms with E-state index in [9.17, 15) is 14.4 Å². The molecule has 0 saturated carbocycles. The molecule has 4 rings (SSSR count). The first-order valence-electron chi connectivity index (χ1n) is 12.2. The Morgan fingerprint density at radius 1 is 0.816 bits per heavy atom. The van der Waals surface area contributed by atoms with Crippen LogP contribution in [0, 0.1) is 0 Å². The van der Waals surface area contributed by atoms with Gasteiger partial charge in [-0.05, 0) is 72.0 Å². The van der Waals surface area contributed by atoms with Gasteiger partial charge in [0.25, 0.3) is 0 Å². The summed E-state index contributed by atoms with van der Waals surface area (Å²) >= 11 is 0. The lowest BCUT2D eigenvalue weighted by Gasteiger charge is -2.08. The average molecular weight is 510 g/mol. The molecule has 8 heteroatoms. The van der Waals surface area contributed by atoms with E-state index in [1.807, 2.05) is 30.3 Å². The fourth-order valence-corrected chi connectivity index (χ4v) is 3.54. The number of amides is 2. The van der Waals surface area contributed by atoms with Crippen LogP contribution in [-0.4, -0.2) is 30.6 Å². The zero-order chi connectivity index (χ0) is 26.7. The van der Waals surface area contributed by atoms with Crippen molar-refractivity contribution in [2.45, 2.75) is 19.8 Å². The summed E-state index contributed by atoms with van der Waals surface area (Å²) in [5.41, 5.74) is 3.78. The Balaban J connectivity index is 1.26. The molecule has 0 heterocycles. The van der Waals surface area contributed by atoms with E-state index in [0.29, 0.717) is 34.9 Å². The molecule has 4 aromatic rings. The average Bonchev–Trinajstić information content (AvgIpc) is 2.94. The third kappa shape index (κ3) is 7.04. The molecule has 0 spiro atoms. The van der Waals surface area contributed by atoms with Crippen LogP contribution in [0.4, 0.5) is 5.69 Å². The largest absolute Gasteiger partial charge is 0.494 e. The van der Waals surface area contributed by atoms with Crippen LogP contribution in [0.5, 0.6) is 11.5 Å². The van der Waals surface area contributed by atoms with Crippen LogP contribution in [0.25, 0.3) is 10.8 Å². The molecule has 0 unspecified atom stereocenters. The van der Waals surface area contributed by atoms with Crippen molar-refractivity contribution >= 4 is 40.5 Å². The van der Waals surface area contributed by atoms with Gasteiger partial charge in [0.15, 0.2) is 0 Å². The molecule has 0 saturated heterocycles. The molecule has 0 aromatic heterocycles. The number of hydrogen-bond acceptors (Lipinski definition) is 6. The van der Waals surface area contributed by atoms with E-state index >= 15 is 0 Å². The first-order valence-corrected chi connectivity index (χ1v) is 12.2. The fraction of sp³-hybridized carbons (Fsp3) is 0.133. The number of unbranched alkanes of at least 4 members (excludes halogenated alkanes) is 1. The Morgan fingerprint density at radius 3 is 2.29 bits per heavy atom. The zero-order valence-corrected chi connectivity index (χ0v) is 20.8. The molecule has 0 radical (unpaired) electrons. The van der Waals surface area contributed by atoms with Crippen molar-refractivity contribution in [3.05, 3.63) is 102 Å². The van der Waals surface area contributed by atoms with Gasteiger partial charge in [0.1, 0.15) is 11.5 Å². The lowest BCUT2D eigenvalue weighted by molar-refractivity contribution is -0.136. The summed E-state index contributed by atoms with van der Waals surface area (Å²) in [6, 6.07) is 26.3. The summed E-state index contributed by atoms with van der Waals surface area (Å²) in [5.74, 6) is -1.16. The molecule has 0 aliphatic rings. The topological polar surface area (TPSA) is 106 Å². The maximum Gasteiger partial charge on any atom is 0.343 e. The fourth-order valence-electron chi connectivity index (χ4n) is 3.54. The van der Waals surface area contributed by atoms with Crippen LogP contribution >= 0.6 is 0 Å². The van der Waals surface area contributed by atoms with Gasteiger partial charge in [0.05, 0.1) is 18.4 Å². The summed E-state index contributed by atoms with van der Waals surface area (Å²) in [5, 5.41) is 8.22. The van der Waals surface area contributed by atoms with Crippen LogP contribution in [-0.2, 0) is 9.59 Å². The number of anilines is 1. The minimum Gasteiger partial charge on any atom is -0.494 e. The molecule has 2 amide bonds. The highest BCUT2D eigenvalue weighted by Crippen LogP contribution is 2.23. The van der Waals surface area contributed by atoms with Gasteiger partial charge in [-0.25, -0.2) is 10.2 Å². The third-order valence-corrected chi connectivity index (χ3v) is 5.57. The number of ether oxygens (including phenoxy) is 2. The number of esters is 1. The van der Waals surface area contributed by atoms with Crippen LogP contribution in [0.1, 0.15) is 35.7 Å².